The second kappa shape index (κ2) is 8.87. The minimum Gasteiger partial charge on any atom is -0.492 e. The van der Waals surface area contributed by atoms with Crippen LogP contribution in [-0.4, -0.2) is 75.0 Å². The number of halogens is 1. The molecule has 1 heterocycles. The zero-order valence-corrected chi connectivity index (χ0v) is 16.2. The third-order valence-electron chi connectivity index (χ3n) is 4.25. The van der Waals surface area contributed by atoms with Crippen LogP contribution in [0.4, 0.5) is 0 Å². The van der Waals surface area contributed by atoms with Crippen molar-refractivity contribution in [2.24, 2.45) is 0 Å². The number of benzene rings is 1. The molecular formula is C17H25ClN2O4S. The van der Waals surface area contributed by atoms with Crippen LogP contribution in [0.2, 0.25) is 5.02 Å². The first-order chi connectivity index (χ1) is 11.8. The molecular weight excluding hydrogens is 364 g/mol. The van der Waals surface area contributed by atoms with E-state index in [2.05, 4.69) is 0 Å². The zero-order valence-electron chi connectivity index (χ0n) is 14.7. The minimum atomic E-state index is -3.00. The van der Waals surface area contributed by atoms with Gasteiger partial charge in [0.15, 0.2) is 9.84 Å². The topological polar surface area (TPSA) is 66.9 Å². The maximum Gasteiger partial charge on any atom is 0.237 e. The molecule has 1 aliphatic heterocycles. The zero-order chi connectivity index (χ0) is 18.4. The summed E-state index contributed by atoms with van der Waals surface area (Å²) in [6.45, 7) is 3.66. The minimum absolute atomic E-state index is 0.0464. The predicted octanol–water partition coefficient (Wildman–Crippen LogP) is 1.69. The molecule has 140 valence electrons. The van der Waals surface area contributed by atoms with Crippen molar-refractivity contribution < 1.29 is 17.9 Å². The van der Waals surface area contributed by atoms with Crippen molar-refractivity contribution in [1.82, 2.24) is 9.80 Å². The molecule has 6 nitrogen and oxygen atoms in total. The number of nitrogens with zero attached hydrogens (tertiary/aromatic N) is 2. The van der Waals surface area contributed by atoms with Crippen LogP contribution in [0.15, 0.2) is 24.3 Å². The molecule has 1 aromatic rings. The first kappa shape index (κ1) is 20.0. The number of carbonyl (C=O) groups is 1. The fourth-order valence-electron chi connectivity index (χ4n) is 2.94. The van der Waals surface area contributed by atoms with E-state index in [0.717, 1.165) is 0 Å². The highest BCUT2D eigenvalue weighted by atomic mass is 35.5. The summed E-state index contributed by atoms with van der Waals surface area (Å²) in [5, 5.41) is 0.617. The van der Waals surface area contributed by atoms with E-state index in [1.807, 2.05) is 31.0 Å². The number of hydrogen-bond acceptors (Lipinski definition) is 5. The molecule has 1 atom stereocenters. The standard InChI is InChI=1S/C17H25ClN2O4S/c1-3-20(15-7-10-25(22,23)13-15)17(21)12-19(2)8-9-24-16-6-4-5-14(18)11-16/h4-6,11,15H,3,7-10,12-13H2,1-2H3. The maximum atomic E-state index is 12.5. The highest BCUT2D eigenvalue weighted by Crippen LogP contribution is 2.18. The highest BCUT2D eigenvalue weighted by Gasteiger charge is 2.33. The van der Waals surface area contributed by atoms with Gasteiger partial charge in [0.1, 0.15) is 12.4 Å². The van der Waals surface area contributed by atoms with Crippen molar-refractivity contribution >= 4 is 27.3 Å². The van der Waals surface area contributed by atoms with E-state index >= 15 is 0 Å². The summed E-state index contributed by atoms with van der Waals surface area (Å²) in [4.78, 5) is 16.0. The van der Waals surface area contributed by atoms with Crippen LogP contribution in [0.5, 0.6) is 5.75 Å². The Hall–Kier alpha value is -1.31. The SMILES string of the molecule is CCN(C(=O)CN(C)CCOc1cccc(Cl)c1)C1CCS(=O)(=O)C1. The molecule has 1 aromatic carbocycles. The molecule has 1 saturated heterocycles. The van der Waals surface area contributed by atoms with E-state index in [-0.39, 0.29) is 30.0 Å². The Kier molecular flexibility index (Phi) is 7.10. The van der Waals surface area contributed by atoms with Gasteiger partial charge in [-0.15, -0.1) is 0 Å². The molecule has 0 bridgehead atoms. The second-order valence-electron chi connectivity index (χ2n) is 6.28. The molecule has 8 heteroatoms. The molecule has 0 N–H and O–H groups in total. The lowest BCUT2D eigenvalue weighted by Gasteiger charge is -2.29. The maximum absolute atomic E-state index is 12.5. The largest absolute Gasteiger partial charge is 0.492 e. The van der Waals surface area contributed by atoms with E-state index in [1.54, 1.807) is 17.0 Å². The summed E-state index contributed by atoms with van der Waals surface area (Å²) < 4.78 is 28.9. The molecule has 0 spiro atoms. The average Bonchev–Trinajstić information content (AvgIpc) is 2.88. The van der Waals surface area contributed by atoms with E-state index in [0.29, 0.717) is 36.9 Å². The molecule has 2 rings (SSSR count). The van der Waals surface area contributed by atoms with Crippen LogP contribution < -0.4 is 4.74 Å². The lowest BCUT2D eigenvalue weighted by atomic mass is 10.2. The van der Waals surface area contributed by atoms with Crippen molar-refractivity contribution in [2.45, 2.75) is 19.4 Å². The molecule has 1 aliphatic rings. The van der Waals surface area contributed by atoms with Gasteiger partial charge in [0, 0.05) is 24.2 Å². The summed E-state index contributed by atoms with van der Waals surface area (Å²) in [7, 11) is -1.15. The Morgan fingerprint density at radius 1 is 1.40 bits per heavy atom. The number of carbonyl (C=O) groups excluding carboxylic acids is 1. The first-order valence-electron chi connectivity index (χ1n) is 8.37. The molecule has 0 aliphatic carbocycles. The summed E-state index contributed by atoms with van der Waals surface area (Å²) in [6, 6.07) is 6.97. The van der Waals surface area contributed by atoms with E-state index < -0.39 is 9.84 Å². The van der Waals surface area contributed by atoms with Crippen LogP contribution in [0.25, 0.3) is 0 Å². The van der Waals surface area contributed by atoms with Gasteiger partial charge in [-0.1, -0.05) is 17.7 Å². The molecule has 0 saturated carbocycles. The monoisotopic (exact) mass is 388 g/mol. The fourth-order valence-corrected chi connectivity index (χ4v) is 4.85. The number of hydrogen-bond donors (Lipinski definition) is 0. The van der Waals surface area contributed by atoms with Gasteiger partial charge in [0.05, 0.1) is 18.1 Å². The average molecular weight is 389 g/mol. The second-order valence-corrected chi connectivity index (χ2v) is 8.95. The summed E-state index contributed by atoms with van der Waals surface area (Å²) in [5.41, 5.74) is 0. The Labute approximate surface area is 154 Å². The smallest absolute Gasteiger partial charge is 0.237 e. The van der Waals surface area contributed by atoms with E-state index in [1.165, 1.54) is 0 Å². The summed E-state index contributed by atoms with van der Waals surface area (Å²) in [5.74, 6) is 0.896. The van der Waals surface area contributed by atoms with Crippen molar-refractivity contribution in [2.75, 3.05) is 44.8 Å². The van der Waals surface area contributed by atoms with Gasteiger partial charge in [0.2, 0.25) is 5.91 Å². The van der Waals surface area contributed by atoms with Gasteiger partial charge in [-0.25, -0.2) is 8.42 Å². The molecule has 0 aromatic heterocycles. The van der Waals surface area contributed by atoms with Gasteiger partial charge < -0.3 is 9.64 Å². The molecule has 1 fully saturated rings. The Bertz CT molecular complexity index is 696. The van der Waals surface area contributed by atoms with Gasteiger partial charge in [-0.2, -0.15) is 0 Å². The van der Waals surface area contributed by atoms with Crippen LogP contribution in [0, 0.1) is 0 Å². The lowest BCUT2D eigenvalue weighted by molar-refractivity contribution is -0.133. The first-order valence-corrected chi connectivity index (χ1v) is 10.6. The van der Waals surface area contributed by atoms with Gasteiger partial charge in [-0.3, -0.25) is 9.69 Å². The normalized spacial score (nSPS) is 19.1. The van der Waals surface area contributed by atoms with Gasteiger partial charge >= 0.3 is 0 Å². The summed E-state index contributed by atoms with van der Waals surface area (Å²) >= 11 is 5.90. The van der Waals surface area contributed by atoms with Crippen molar-refractivity contribution in [3.05, 3.63) is 29.3 Å². The van der Waals surface area contributed by atoms with Crippen LogP contribution >= 0.6 is 11.6 Å². The van der Waals surface area contributed by atoms with Gasteiger partial charge in [-0.05, 0) is 38.6 Å². The number of ether oxygens (including phenoxy) is 1. The number of amides is 1. The fraction of sp³-hybridized carbons (Fsp3) is 0.588. The Balaban J connectivity index is 1.78. The van der Waals surface area contributed by atoms with E-state index in [4.69, 9.17) is 16.3 Å². The molecule has 0 radical (unpaired) electrons. The van der Waals surface area contributed by atoms with Gasteiger partial charge in [0.25, 0.3) is 0 Å². The molecule has 1 unspecified atom stereocenters. The quantitative estimate of drug-likeness (QED) is 0.678. The van der Waals surface area contributed by atoms with Crippen molar-refractivity contribution in [3.63, 3.8) is 0 Å². The molecule has 1 amide bonds. The third-order valence-corrected chi connectivity index (χ3v) is 6.24. The highest BCUT2D eigenvalue weighted by molar-refractivity contribution is 7.91. The third kappa shape index (κ3) is 6.17. The Morgan fingerprint density at radius 3 is 2.76 bits per heavy atom. The predicted molar refractivity (Wildman–Crippen MR) is 98.9 cm³/mol. The van der Waals surface area contributed by atoms with Crippen molar-refractivity contribution in [3.8, 4) is 5.75 Å². The lowest BCUT2D eigenvalue weighted by Crippen LogP contribution is -2.46. The van der Waals surface area contributed by atoms with Crippen LogP contribution in [0.1, 0.15) is 13.3 Å². The molecule has 25 heavy (non-hydrogen) atoms. The summed E-state index contributed by atoms with van der Waals surface area (Å²) in [6.07, 6.45) is 0.531. The number of rotatable bonds is 8. The van der Waals surface area contributed by atoms with Crippen LogP contribution in [0.3, 0.4) is 0 Å². The number of likely N-dealkylation sites (N-methyl/N-ethyl adjacent to an activating group) is 2. The van der Waals surface area contributed by atoms with Crippen LogP contribution in [-0.2, 0) is 14.6 Å². The number of sulfone groups is 1. The van der Waals surface area contributed by atoms with Crippen molar-refractivity contribution in [1.29, 1.82) is 0 Å². The van der Waals surface area contributed by atoms with E-state index in [9.17, 15) is 13.2 Å². The Morgan fingerprint density at radius 2 is 2.16 bits per heavy atom.